The Labute approximate surface area is 189 Å². The fourth-order valence-corrected chi connectivity index (χ4v) is 5.97. The van der Waals surface area contributed by atoms with Gasteiger partial charge in [-0.25, -0.2) is 8.42 Å². The van der Waals surface area contributed by atoms with Crippen molar-refractivity contribution < 1.29 is 23.1 Å². The zero-order valence-corrected chi connectivity index (χ0v) is 19.2. The zero-order valence-electron chi connectivity index (χ0n) is 18.3. The van der Waals surface area contributed by atoms with Gasteiger partial charge in [0, 0.05) is 44.8 Å². The first-order valence-corrected chi connectivity index (χ1v) is 12.3. The Hall–Kier alpha value is -2.62. The molecule has 4 rings (SSSR count). The molecule has 2 atom stereocenters. The number of amides is 1. The topological polar surface area (TPSA) is 90.4 Å². The Morgan fingerprint density at radius 2 is 1.62 bits per heavy atom. The number of phenols is 1. The van der Waals surface area contributed by atoms with Crippen LogP contribution in [0.3, 0.4) is 0 Å². The molecule has 2 heterocycles. The van der Waals surface area contributed by atoms with E-state index in [2.05, 4.69) is 0 Å². The van der Waals surface area contributed by atoms with Crippen LogP contribution in [-0.2, 0) is 14.8 Å². The SMILES string of the molecule is CC1CN(S(=O)(=O)c2cccc(C(=O)N3CCN(c4ccccc4O)CC3)c2)CC(C)O1. The number of sulfonamides is 1. The molecule has 2 unspecified atom stereocenters. The van der Waals surface area contributed by atoms with Gasteiger partial charge in [0.15, 0.2) is 0 Å². The second kappa shape index (κ2) is 9.09. The second-order valence-electron chi connectivity index (χ2n) is 8.38. The lowest BCUT2D eigenvalue weighted by molar-refractivity contribution is -0.0440. The minimum atomic E-state index is -3.72. The van der Waals surface area contributed by atoms with E-state index < -0.39 is 10.0 Å². The number of carbonyl (C=O) groups is 1. The maximum Gasteiger partial charge on any atom is 0.254 e. The third kappa shape index (κ3) is 4.60. The van der Waals surface area contributed by atoms with E-state index in [9.17, 15) is 18.3 Å². The average molecular weight is 460 g/mol. The molecule has 1 N–H and O–H groups in total. The monoisotopic (exact) mass is 459 g/mol. The van der Waals surface area contributed by atoms with E-state index in [4.69, 9.17) is 4.74 Å². The van der Waals surface area contributed by atoms with Crippen molar-refractivity contribution in [2.75, 3.05) is 44.2 Å². The number of carbonyl (C=O) groups excluding carboxylic acids is 1. The number of para-hydroxylation sites is 2. The van der Waals surface area contributed by atoms with Crippen LogP contribution in [-0.4, -0.2) is 80.1 Å². The molecular formula is C23H29N3O5S. The van der Waals surface area contributed by atoms with E-state index in [-0.39, 0.29) is 28.8 Å². The van der Waals surface area contributed by atoms with Gasteiger partial charge in [-0.3, -0.25) is 4.79 Å². The lowest BCUT2D eigenvalue weighted by Gasteiger charge is -2.36. The molecule has 2 aromatic carbocycles. The molecule has 0 bridgehead atoms. The van der Waals surface area contributed by atoms with E-state index in [0.717, 1.165) is 5.69 Å². The number of aromatic hydroxyl groups is 1. The van der Waals surface area contributed by atoms with Crippen molar-refractivity contribution >= 4 is 21.6 Å². The van der Waals surface area contributed by atoms with Crippen LogP contribution in [0.15, 0.2) is 53.4 Å². The van der Waals surface area contributed by atoms with Crippen LogP contribution in [0, 0.1) is 0 Å². The quantitative estimate of drug-likeness (QED) is 0.754. The normalized spacial score (nSPS) is 22.7. The van der Waals surface area contributed by atoms with Crippen LogP contribution >= 0.6 is 0 Å². The first-order valence-electron chi connectivity index (χ1n) is 10.8. The number of piperazine rings is 1. The van der Waals surface area contributed by atoms with Gasteiger partial charge in [0.25, 0.3) is 5.91 Å². The summed E-state index contributed by atoms with van der Waals surface area (Å²) in [5.41, 5.74) is 1.11. The first-order chi connectivity index (χ1) is 15.3. The Bertz CT molecular complexity index is 1070. The van der Waals surface area contributed by atoms with E-state index in [1.54, 1.807) is 29.2 Å². The van der Waals surface area contributed by atoms with Gasteiger partial charge in [-0.15, -0.1) is 0 Å². The largest absolute Gasteiger partial charge is 0.506 e. The molecule has 0 radical (unpaired) electrons. The van der Waals surface area contributed by atoms with E-state index >= 15 is 0 Å². The van der Waals surface area contributed by atoms with Gasteiger partial charge in [0.1, 0.15) is 5.75 Å². The first kappa shape index (κ1) is 22.6. The van der Waals surface area contributed by atoms with Gasteiger partial charge in [-0.2, -0.15) is 4.31 Å². The number of phenolic OH excluding ortho intramolecular Hbond substituents is 1. The summed E-state index contributed by atoms with van der Waals surface area (Å²) in [5.74, 6) is 0.0274. The lowest BCUT2D eigenvalue weighted by atomic mass is 10.1. The van der Waals surface area contributed by atoms with Crippen molar-refractivity contribution in [3.8, 4) is 5.75 Å². The molecule has 1 amide bonds. The molecule has 2 aliphatic heterocycles. The van der Waals surface area contributed by atoms with Crippen LogP contribution in [0.4, 0.5) is 5.69 Å². The van der Waals surface area contributed by atoms with Crippen LogP contribution in [0.1, 0.15) is 24.2 Å². The van der Waals surface area contributed by atoms with Crippen LogP contribution in [0.5, 0.6) is 5.75 Å². The molecule has 0 aliphatic carbocycles. The highest BCUT2D eigenvalue weighted by atomic mass is 32.2. The highest BCUT2D eigenvalue weighted by Crippen LogP contribution is 2.28. The van der Waals surface area contributed by atoms with Crippen molar-refractivity contribution in [2.24, 2.45) is 0 Å². The molecule has 32 heavy (non-hydrogen) atoms. The van der Waals surface area contributed by atoms with Crippen LogP contribution < -0.4 is 4.90 Å². The highest BCUT2D eigenvalue weighted by molar-refractivity contribution is 7.89. The van der Waals surface area contributed by atoms with Crippen LogP contribution in [0.2, 0.25) is 0 Å². The molecular weight excluding hydrogens is 430 g/mol. The highest BCUT2D eigenvalue weighted by Gasteiger charge is 2.33. The zero-order chi connectivity index (χ0) is 22.9. The van der Waals surface area contributed by atoms with Gasteiger partial charge in [-0.1, -0.05) is 18.2 Å². The van der Waals surface area contributed by atoms with E-state index in [0.29, 0.717) is 44.8 Å². The Balaban J connectivity index is 1.47. The van der Waals surface area contributed by atoms with Crippen molar-refractivity contribution in [2.45, 2.75) is 31.0 Å². The second-order valence-corrected chi connectivity index (χ2v) is 10.3. The molecule has 0 saturated carbocycles. The van der Waals surface area contributed by atoms with Crippen LogP contribution in [0.25, 0.3) is 0 Å². The van der Waals surface area contributed by atoms with Gasteiger partial charge in [0.2, 0.25) is 10.0 Å². The maximum absolute atomic E-state index is 13.2. The summed E-state index contributed by atoms with van der Waals surface area (Å²) in [4.78, 5) is 17.0. The number of hydrogen-bond acceptors (Lipinski definition) is 6. The number of hydrogen-bond donors (Lipinski definition) is 1. The van der Waals surface area contributed by atoms with E-state index in [1.165, 1.54) is 16.4 Å². The Kier molecular flexibility index (Phi) is 6.41. The van der Waals surface area contributed by atoms with Crippen molar-refractivity contribution in [1.82, 2.24) is 9.21 Å². The lowest BCUT2D eigenvalue weighted by Crippen LogP contribution is -2.49. The molecule has 2 aromatic rings. The number of anilines is 1. The smallest absolute Gasteiger partial charge is 0.254 e. The molecule has 9 heteroatoms. The summed E-state index contributed by atoms with van der Waals surface area (Å²) in [6.45, 7) is 6.44. The van der Waals surface area contributed by atoms with Crippen molar-refractivity contribution in [3.63, 3.8) is 0 Å². The van der Waals surface area contributed by atoms with E-state index in [1.807, 2.05) is 30.9 Å². The molecule has 2 saturated heterocycles. The fraction of sp³-hybridized carbons (Fsp3) is 0.435. The number of ether oxygens (including phenoxy) is 1. The number of nitrogens with zero attached hydrogens (tertiary/aromatic N) is 3. The molecule has 0 aromatic heterocycles. The minimum Gasteiger partial charge on any atom is -0.506 e. The average Bonchev–Trinajstić information content (AvgIpc) is 2.78. The molecule has 0 spiro atoms. The van der Waals surface area contributed by atoms with Gasteiger partial charge >= 0.3 is 0 Å². The van der Waals surface area contributed by atoms with Gasteiger partial charge in [0.05, 0.1) is 22.8 Å². The van der Waals surface area contributed by atoms with Crippen molar-refractivity contribution in [3.05, 3.63) is 54.1 Å². The summed E-state index contributed by atoms with van der Waals surface area (Å²) in [7, 11) is -3.72. The number of morpholine rings is 1. The standard InChI is InChI=1S/C23H29N3O5S/c1-17-15-26(16-18(2)31-17)32(29,30)20-7-5-6-19(14-20)23(28)25-12-10-24(11-13-25)21-8-3-4-9-22(21)27/h3-9,14,17-18,27H,10-13,15-16H2,1-2H3. The van der Waals surface area contributed by atoms with Gasteiger partial charge in [-0.05, 0) is 44.2 Å². The predicted octanol–water partition coefficient (Wildman–Crippen LogP) is 2.15. The Morgan fingerprint density at radius 1 is 0.969 bits per heavy atom. The third-order valence-electron chi connectivity index (χ3n) is 5.89. The van der Waals surface area contributed by atoms with Crippen molar-refractivity contribution in [1.29, 1.82) is 0 Å². The fourth-order valence-electron chi connectivity index (χ4n) is 4.33. The summed E-state index contributed by atoms with van der Waals surface area (Å²) >= 11 is 0. The third-order valence-corrected chi connectivity index (χ3v) is 7.72. The summed E-state index contributed by atoms with van der Waals surface area (Å²) in [6, 6.07) is 13.4. The summed E-state index contributed by atoms with van der Waals surface area (Å²) in [5, 5.41) is 10.1. The molecule has 2 fully saturated rings. The molecule has 172 valence electrons. The number of rotatable bonds is 4. The minimum absolute atomic E-state index is 0.123. The predicted molar refractivity (Wildman–Crippen MR) is 121 cm³/mol. The van der Waals surface area contributed by atoms with Gasteiger partial charge < -0.3 is 19.6 Å². The summed E-state index contributed by atoms with van der Waals surface area (Å²) in [6.07, 6.45) is -0.364. The maximum atomic E-state index is 13.2. The number of benzene rings is 2. The Morgan fingerprint density at radius 3 is 2.28 bits per heavy atom. The summed E-state index contributed by atoms with van der Waals surface area (Å²) < 4.78 is 33.4. The molecule has 2 aliphatic rings. The molecule has 8 nitrogen and oxygen atoms in total.